The molecule has 4 aromatic rings. The van der Waals surface area contributed by atoms with Crippen molar-refractivity contribution < 1.29 is 9.90 Å². The molecule has 13 heteroatoms. The van der Waals surface area contributed by atoms with Gasteiger partial charge in [0.15, 0.2) is 17.3 Å². The average molecular weight is 598 g/mol. The molecule has 3 aromatic heterocycles. The molecule has 0 unspecified atom stereocenters. The maximum atomic E-state index is 12.6. The molecule has 230 valence electrons. The number of hydrogen-bond donors (Lipinski definition) is 5. The maximum Gasteiger partial charge on any atom is 0.271 e. The molecule has 0 spiro atoms. The normalized spacial score (nSPS) is 21.7. The third-order valence-electron chi connectivity index (χ3n) is 9.16. The van der Waals surface area contributed by atoms with Gasteiger partial charge in [-0.1, -0.05) is 0 Å². The Labute approximate surface area is 255 Å². The number of fused-ring (bicyclic) bond motifs is 1. The molecular weight excluding hydrogens is 558 g/mol. The fourth-order valence-electron chi connectivity index (χ4n) is 6.47. The summed E-state index contributed by atoms with van der Waals surface area (Å²) in [6, 6.07) is 10.7. The van der Waals surface area contributed by atoms with E-state index in [0.29, 0.717) is 41.6 Å². The van der Waals surface area contributed by atoms with E-state index in [0.717, 1.165) is 50.5 Å². The van der Waals surface area contributed by atoms with Crippen LogP contribution in [-0.4, -0.2) is 110 Å². The number of piperidine rings is 1. The van der Waals surface area contributed by atoms with Crippen LogP contribution in [0.4, 0.5) is 23.0 Å². The predicted octanol–water partition coefficient (Wildman–Crippen LogP) is 2.41. The SMILES string of the molecule is CN1CCN(C2CCN(c3ccc(Nc4nc(N[C@H]5C[C@H](O)C5)c(-c5nccc6[nH]cnc56)nc4C(N)=O)cc3)CC2)CC1. The molecule has 5 heterocycles. The summed E-state index contributed by atoms with van der Waals surface area (Å²) in [6.45, 7) is 6.69. The number of amides is 1. The molecule has 3 aliphatic rings. The first-order valence-corrected chi connectivity index (χ1v) is 15.4. The van der Waals surface area contributed by atoms with E-state index in [-0.39, 0.29) is 23.7 Å². The number of benzene rings is 1. The third-order valence-corrected chi connectivity index (χ3v) is 9.16. The predicted molar refractivity (Wildman–Crippen MR) is 170 cm³/mol. The number of imidazole rings is 1. The van der Waals surface area contributed by atoms with Gasteiger partial charge in [-0.2, -0.15) is 0 Å². The zero-order valence-electron chi connectivity index (χ0n) is 24.9. The second kappa shape index (κ2) is 12.0. The number of aliphatic hydroxyl groups is 1. The van der Waals surface area contributed by atoms with Gasteiger partial charge in [0, 0.05) is 68.9 Å². The second-order valence-electron chi connectivity index (χ2n) is 12.1. The Balaban J connectivity index is 1.11. The number of aromatic amines is 1. The highest BCUT2D eigenvalue weighted by Crippen LogP contribution is 2.34. The van der Waals surface area contributed by atoms with Crippen LogP contribution in [0.3, 0.4) is 0 Å². The number of nitrogens with two attached hydrogens (primary N) is 1. The molecule has 1 amide bonds. The average Bonchev–Trinajstić information content (AvgIpc) is 3.51. The number of primary amides is 1. The molecule has 2 aliphatic heterocycles. The number of carbonyl (C=O) groups is 1. The van der Waals surface area contributed by atoms with Crippen LogP contribution < -0.4 is 21.3 Å². The van der Waals surface area contributed by atoms with Crippen LogP contribution in [0.2, 0.25) is 0 Å². The number of anilines is 4. The maximum absolute atomic E-state index is 12.6. The van der Waals surface area contributed by atoms with Gasteiger partial charge in [0.1, 0.15) is 16.9 Å². The molecule has 0 radical (unpaired) electrons. The third kappa shape index (κ3) is 5.77. The van der Waals surface area contributed by atoms with Crippen LogP contribution in [0.1, 0.15) is 36.2 Å². The molecule has 1 saturated carbocycles. The largest absolute Gasteiger partial charge is 0.393 e. The van der Waals surface area contributed by atoms with Gasteiger partial charge in [-0.25, -0.2) is 15.0 Å². The summed E-state index contributed by atoms with van der Waals surface area (Å²) in [5.41, 5.74) is 10.0. The Kier molecular flexibility index (Phi) is 7.75. The van der Waals surface area contributed by atoms with E-state index < -0.39 is 5.91 Å². The summed E-state index contributed by atoms with van der Waals surface area (Å²) in [7, 11) is 2.20. The molecule has 1 aromatic carbocycles. The number of H-pyrrole nitrogens is 1. The van der Waals surface area contributed by atoms with Gasteiger partial charge in [0.2, 0.25) is 0 Å². The number of nitrogens with zero attached hydrogens (tertiary/aromatic N) is 7. The highest BCUT2D eigenvalue weighted by Gasteiger charge is 2.30. The number of rotatable bonds is 8. The summed E-state index contributed by atoms with van der Waals surface area (Å²) >= 11 is 0. The van der Waals surface area contributed by atoms with Gasteiger partial charge in [-0.3, -0.25) is 14.7 Å². The lowest BCUT2D eigenvalue weighted by atomic mass is 9.89. The molecule has 3 fully saturated rings. The molecule has 44 heavy (non-hydrogen) atoms. The lowest BCUT2D eigenvalue weighted by molar-refractivity contribution is 0.0835. The number of pyridine rings is 1. The first kappa shape index (κ1) is 28.4. The van der Waals surface area contributed by atoms with Crippen molar-refractivity contribution in [1.82, 2.24) is 34.7 Å². The first-order valence-electron chi connectivity index (χ1n) is 15.4. The quantitative estimate of drug-likeness (QED) is 0.203. The van der Waals surface area contributed by atoms with Crippen molar-refractivity contribution in [2.24, 2.45) is 5.73 Å². The fourth-order valence-corrected chi connectivity index (χ4v) is 6.47. The molecule has 6 N–H and O–H groups in total. The second-order valence-corrected chi connectivity index (χ2v) is 12.1. The van der Waals surface area contributed by atoms with Crippen LogP contribution in [0.5, 0.6) is 0 Å². The van der Waals surface area contributed by atoms with Crippen LogP contribution >= 0.6 is 0 Å². The lowest BCUT2D eigenvalue weighted by Crippen LogP contribution is -2.52. The molecule has 0 atom stereocenters. The van der Waals surface area contributed by atoms with Gasteiger partial charge < -0.3 is 36.3 Å². The van der Waals surface area contributed by atoms with E-state index >= 15 is 0 Å². The monoisotopic (exact) mass is 597 g/mol. The lowest BCUT2D eigenvalue weighted by Gasteiger charge is -2.42. The van der Waals surface area contributed by atoms with E-state index in [1.807, 2.05) is 18.2 Å². The minimum Gasteiger partial charge on any atom is -0.393 e. The first-order chi connectivity index (χ1) is 21.4. The van der Waals surface area contributed by atoms with E-state index in [1.54, 1.807) is 12.5 Å². The standard InChI is InChI=1S/C31H39N11O2/c1-40-12-14-42(15-13-40)22-7-10-41(11-8-22)21-4-2-19(3-5-21)36-31-28(29(32)44)38-27(30(39-31)37-20-16-23(43)17-20)26-25-24(6-9-33-26)34-18-35-25/h2-6,9,18,20,22-23,43H,7-8,10-17H2,1H3,(H2,32,44)(H,34,35)(H2,36,37,39)/t20-,23-. The smallest absolute Gasteiger partial charge is 0.271 e. The number of likely N-dealkylation sites (N-methyl/N-ethyl adjacent to an activating group) is 1. The van der Waals surface area contributed by atoms with E-state index in [2.05, 4.69) is 64.4 Å². The zero-order valence-corrected chi connectivity index (χ0v) is 24.9. The molecule has 0 bridgehead atoms. The Bertz CT molecular complexity index is 1620. The highest BCUT2D eigenvalue weighted by molar-refractivity contribution is 5.99. The van der Waals surface area contributed by atoms with E-state index in [4.69, 9.17) is 10.7 Å². The Morgan fingerprint density at radius 2 is 1.70 bits per heavy atom. The minimum absolute atomic E-state index is 0.00332. The molecule has 1 aliphatic carbocycles. The van der Waals surface area contributed by atoms with E-state index in [1.165, 1.54) is 18.5 Å². The van der Waals surface area contributed by atoms with Crippen LogP contribution in [0.15, 0.2) is 42.9 Å². The van der Waals surface area contributed by atoms with Crippen molar-refractivity contribution in [3.05, 3.63) is 48.5 Å². The van der Waals surface area contributed by atoms with Crippen molar-refractivity contribution in [1.29, 1.82) is 0 Å². The van der Waals surface area contributed by atoms with Crippen LogP contribution in [0.25, 0.3) is 22.4 Å². The number of hydrogen-bond acceptors (Lipinski definition) is 11. The van der Waals surface area contributed by atoms with Gasteiger partial charge in [-0.05, 0) is 63.1 Å². The Hall–Kier alpha value is -4.33. The minimum atomic E-state index is -0.707. The molecule has 13 nitrogen and oxygen atoms in total. The van der Waals surface area contributed by atoms with Crippen LogP contribution in [0, 0.1) is 0 Å². The number of piperazine rings is 1. The Morgan fingerprint density at radius 3 is 2.41 bits per heavy atom. The van der Waals surface area contributed by atoms with E-state index in [9.17, 15) is 9.90 Å². The summed E-state index contributed by atoms with van der Waals surface area (Å²) < 4.78 is 0. The van der Waals surface area contributed by atoms with Crippen molar-refractivity contribution in [2.45, 2.75) is 43.9 Å². The van der Waals surface area contributed by atoms with Crippen molar-refractivity contribution in [3.63, 3.8) is 0 Å². The summed E-state index contributed by atoms with van der Waals surface area (Å²) in [4.78, 5) is 41.7. The van der Waals surface area contributed by atoms with Gasteiger partial charge in [0.25, 0.3) is 5.91 Å². The number of aliphatic hydroxyl groups excluding tert-OH is 1. The van der Waals surface area contributed by atoms with Crippen molar-refractivity contribution in [3.8, 4) is 11.4 Å². The Morgan fingerprint density at radius 1 is 0.955 bits per heavy atom. The summed E-state index contributed by atoms with van der Waals surface area (Å²) in [6.07, 6.45) is 6.41. The highest BCUT2D eigenvalue weighted by atomic mass is 16.3. The molecule has 2 saturated heterocycles. The van der Waals surface area contributed by atoms with Crippen molar-refractivity contribution >= 4 is 40.0 Å². The number of aromatic nitrogens is 5. The van der Waals surface area contributed by atoms with Gasteiger partial charge in [-0.15, -0.1) is 0 Å². The number of nitrogens with one attached hydrogen (secondary N) is 3. The molecular formula is C31H39N11O2. The summed E-state index contributed by atoms with van der Waals surface area (Å²) in [5.74, 6) is -0.0169. The van der Waals surface area contributed by atoms with Crippen LogP contribution in [-0.2, 0) is 0 Å². The fraction of sp³-hybridized carbons (Fsp3) is 0.452. The topological polar surface area (TPSA) is 164 Å². The van der Waals surface area contributed by atoms with Gasteiger partial charge in [0.05, 0.1) is 17.9 Å². The van der Waals surface area contributed by atoms with Crippen molar-refractivity contribution in [2.75, 3.05) is 61.8 Å². The zero-order chi connectivity index (χ0) is 30.2. The summed E-state index contributed by atoms with van der Waals surface area (Å²) in [5, 5.41) is 16.5. The number of carbonyl (C=O) groups excluding carboxylic acids is 1. The van der Waals surface area contributed by atoms with Gasteiger partial charge >= 0.3 is 0 Å². The molecule has 7 rings (SSSR count).